The van der Waals surface area contributed by atoms with Crippen molar-refractivity contribution in [1.29, 1.82) is 0 Å². The minimum absolute atomic E-state index is 0.756. The molecule has 19 heavy (non-hydrogen) atoms. The molecule has 1 aliphatic rings. The van der Waals surface area contributed by atoms with E-state index in [1.54, 1.807) is 0 Å². The molecule has 2 heterocycles. The third-order valence-electron chi connectivity index (χ3n) is 3.71. The lowest BCUT2D eigenvalue weighted by molar-refractivity contribution is 0.187. The summed E-state index contributed by atoms with van der Waals surface area (Å²) in [4.78, 5) is 6.85. The van der Waals surface area contributed by atoms with Crippen molar-refractivity contribution < 1.29 is 4.52 Å². The molecule has 108 valence electrons. The summed E-state index contributed by atoms with van der Waals surface area (Å²) in [6.07, 6.45) is 4.59. The van der Waals surface area contributed by atoms with Gasteiger partial charge < -0.3 is 9.84 Å². The monoisotopic (exact) mass is 266 g/mol. The van der Waals surface area contributed by atoms with Crippen LogP contribution in [0.5, 0.6) is 0 Å². The van der Waals surface area contributed by atoms with Crippen molar-refractivity contribution in [2.75, 3.05) is 26.2 Å². The first-order valence-electron chi connectivity index (χ1n) is 7.56. The van der Waals surface area contributed by atoms with Crippen LogP contribution < -0.4 is 5.32 Å². The summed E-state index contributed by atoms with van der Waals surface area (Å²) in [6, 6.07) is 0. The fourth-order valence-corrected chi connectivity index (χ4v) is 2.62. The van der Waals surface area contributed by atoms with E-state index in [2.05, 4.69) is 34.2 Å². The van der Waals surface area contributed by atoms with Gasteiger partial charge in [0.15, 0.2) is 5.82 Å². The summed E-state index contributed by atoms with van der Waals surface area (Å²) >= 11 is 0. The molecule has 1 unspecified atom stereocenters. The van der Waals surface area contributed by atoms with Crippen LogP contribution >= 0.6 is 0 Å². The number of aromatic nitrogens is 2. The number of nitrogens with zero attached hydrogens (tertiary/aromatic N) is 3. The Hall–Kier alpha value is -0.940. The number of aryl methyl sites for hydroxylation is 1. The minimum atomic E-state index is 0.756. The van der Waals surface area contributed by atoms with Crippen molar-refractivity contribution in [3.8, 4) is 0 Å². The van der Waals surface area contributed by atoms with Gasteiger partial charge in [0, 0.05) is 13.0 Å². The van der Waals surface area contributed by atoms with E-state index >= 15 is 0 Å². The highest BCUT2D eigenvalue weighted by molar-refractivity contribution is 4.86. The molecule has 0 spiro atoms. The number of piperidine rings is 1. The van der Waals surface area contributed by atoms with Gasteiger partial charge in [-0.3, -0.25) is 4.90 Å². The maximum absolute atomic E-state index is 5.32. The molecular weight excluding hydrogens is 240 g/mol. The summed E-state index contributed by atoms with van der Waals surface area (Å²) in [6.45, 7) is 9.57. The van der Waals surface area contributed by atoms with Crippen LogP contribution in [0.3, 0.4) is 0 Å². The van der Waals surface area contributed by atoms with Gasteiger partial charge >= 0.3 is 0 Å². The molecule has 1 fully saturated rings. The zero-order chi connectivity index (χ0) is 13.5. The largest absolute Gasteiger partial charge is 0.338 e. The Labute approximate surface area is 115 Å². The van der Waals surface area contributed by atoms with E-state index in [9.17, 15) is 0 Å². The lowest BCUT2D eigenvalue weighted by atomic mass is 9.99. The summed E-state index contributed by atoms with van der Waals surface area (Å²) in [7, 11) is 0. The van der Waals surface area contributed by atoms with E-state index in [1.807, 2.05) is 0 Å². The second-order valence-electron chi connectivity index (χ2n) is 5.39. The van der Waals surface area contributed by atoms with Gasteiger partial charge in [-0.2, -0.15) is 4.98 Å². The number of hydrogen-bond acceptors (Lipinski definition) is 5. The van der Waals surface area contributed by atoms with Crippen LogP contribution in [0, 0.1) is 5.92 Å². The maximum atomic E-state index is 5.32. The SMILES string of the molecule is CCCc1noc(CN(CC)CC2CCCNC2)n1. The third kappa shape index (κ3) is 4.58. The molecule has 0 amide bonds. The van der Waals surface area contributed by atoms with E-state index in [4.69, 9.17) is 4.52 Å². The second kappa shape index (κ2) is 7.60. The number of rotatable bonds is 7. The normalized spacial score (nSPS) is 20.1. The van der Waals surface area contributed by atoms with Gasteiger partial charge in [-0.05, 0) is 44.8 Å². The van der Waals surface area contributed by atoms with Crippen molar-refractivity contribution in [2.45, 2.75) is 46.1 Å². The number of hydrogen-bond donors (Lipinski definition) is 1. The lowest BCUT2D eigenvalue weighted by Gasteiger charge is -2.28. The average Bonchev–Trinajstić information content (AvgIpc) is 2.87. The molecule has 1 aliphatic heterocycles. The summed E-state index contributed by atoms with van der Waals surface area (Å²) in [5.41, 5.74) is 0. The molecule has 5 heteroatoms. The molecule has 2 rings (SSSR count). The van der Waals surface area contributed by atoms with E-state index < -0.39 is 0 Å². The predicted octanol–water partition coefficient (Wildman–Crippen LogP) is 1.84. The summed E-state index contributed by atoms with van der Waals surface area (Å²) in [5, 5.41) is 7.49. The highest BCUT2D eigenvalue weighted by Gasteiger charge is 2.18. The van der Waals surface area contributed by atoms with Gasteiger partial charge in [-0.25, -0.2) is 0 Å². The lowest BCUT2D eigenvalue weighted by Crippen LogP contribution is -2.38. The second-order valence-corrected chi connectivity index (χ2v) is 5.39. The molecule has 5 nitrogen and oxygen atoms in total. The molecule has 0 aromatic carbocycles. The van der Waals surface area contributed by atoms with E-state index in [0.29, 0.717) is 0 Å². The van der Waals surface area contributed by atoms with Crippen LogP contribution in [0.25, 0.3) is 0 Å². The molecular formula is C14H26N4O. The van der Waals surface area contributed by atoms with Crippen molar-refractivity contribution in [3.63, 3.8) is 0 Å². The molecule has 0 aliphatic carbocycles. The molecule has 1 atom stereocenters. The Balaban J connectivity index is 1.83. The Morgan fingerprint density at radius 3 is 3.00 bits per heavy atom. The average molecular weight is 266 g/mol. The molecule has 1 N–H and O–H groups in total. The first kappa shape index (κ1) is 14.5. The Bertz CT molecular complexity index is 360. The van der Waals surface area contributed by atoms with Crippen LogP contribution in [0.2, 0.25) is 0 Å². The smallest absolute Gasteiger partial charge is 0.240 e. The number of nitrogens with one attached hydrogen (secondary N) is 1. The van der Waals surface area contributed by atoms with Crippen LogP contribution in [-0.4, -0.2) is 41.2 Å². The van der Waals surface area contributed by atoms with E-state index in [-0.39, 0.29) is 0 Å². The third-order valence-corrected chi connectivity index (χ3v) is 3.71. The quantitative estimate of drug-likeness (QED) is 0.816. The molecule has 1 saturated heterocycles. The van der Waals surface area contributed by atoms with Crippen molar-refractivity contribution >= 4 is 0 Å². The summed E-state index contributed by atoms with van der Waals surface area (Å²) < 4.78 is 5.32. The molecule has 0 bridgehead atoms. The molecule has 0 radical (unpaired) electrons. The van der Waals surface area contributed by atoms with Gasteiger partial charge in [-0.15, -0.1) is 0 Å². The van der Waals surface area contributed by atoms with E-state index in [1.165, 1.54) is 19.4 Å². The van der Waals surface area contributed by atoms with Gasteiger partial charge in [0.25, 0.3) is 0 Å². The van der Waals surface area contributed by atoms with Gasteiger partial charge in [0.2, 0.25) is 5.89 Å². The Morgan fingerprint density at radius 2 is 2.32 bits per heavy atom. The van der Waals surface area contributed by atoms with Crippen molar-refractivity contribution in [1.82, 2.24) is 20.4 Å². The maximum Gasteiger partial charge on any atom is 0.240 e. The van der Waals surface area contributed by atoms with Crippen LogP contribution in [0.15, 0.2) is 4.52 Å². The highest BCUT2D eigenvalue weighted by atomic mass is 16.5. The minimum Gasteiger partial charge on any atom is -0.338 e. The van der Waals surface area contributed by atoms with E-state index in [0.717, 1.165) is 56.7 Å². The first-order valence-corrected chi connectivity index (χ1v) is 7.56. The molecule has 1 aromatic rings. The van der Waals surface area contributed by atoms with Crippen molar-refractivity contribution in [2.24, 2.45) is 5.92 Å². The van der Waals surface area contributed by atoms with Gasteiger partial charge in [0.05, 0.1) is 6.54 Å². The molecule has 0 saturated carbocycles. The zero-order valence-electron chi connectivity index (χ0n) is 12.2. The van der Waals surface area contributed by atoms with Crippen molar-refractivity contribution in [3.05, 3.63) is 11.7 Å². The van der Waals surface area contributed by atoms with Gasteiger partial charge in [-0.1, -0.05) is 19.0 Å². The standard InChI is InChI=1S/C14H26N4O/c1-3-6-13-16-14(19-17-13)11-18(4-2)10-12-7-5-8-15-9-12/h12,15H,3-11H2,1-2H3. The topological polar surface area (TPSA) is 54.2 Å². The Kier molecular flexibility index (Phi) is 5.79. The van der Waals surface area contributed by atoms with Crippen LogP contribution in [0.4, 0.5) is 0 Å². The van der Waals surface area contributed by atoms with Crippen LogP contribution in [-0.2, 0) is 13.0 Å². The summed E-state index contributed by atoms with van der Waals surface area (Å²) in [5.74, 6) is 2.36. The van der Waals surface area contributed by atoms with Gasteiger partial charge in [0.1, 0.15) is 0 Å². The Morgan fingerprint density at radius 1 is 1.42 bits per heavy atom. The highest BCUT2D eigenvalue weighted by Crippen LogP contribution is 2.13. The predicted molar refractivity (Wildman–Crippen MR) is 74.8 cm³/mol. The molecule has 1 aromatic heterocycles. The fraction of sp³-hybridized carbons (Fsp3) is 0.857. The fourth-order valence-electron chi connectivity index (χ4n) is 2.62. The first-order chi connectivity index (χ1) is 9.31. The zero-order valence-corrected chi connectivity index (χ0v) is 12.2. The van der Waals surface area contributed by atoms with Crippen LogP contribution in [0.1, 0.15) is 44.8 Å².